The van der Waals surface area contributed by atoms with Crippen molar-refractivity contribution in [3.63, 3.8) is 0 Å². The summed E-state index contributed by atoms with van der Waals surface area (Å²) in [6, 6.07) is 5.13. The van der Waals surface area contributed by atoms with Gasteiger partial charge in [-0.2, -0.15) is 0 Å². The second-order valence-electron chi connectivity index (χ2n) is 3.52. The molecule has 2 aromatic rings. The number of aromatic carboxylic acids is 1. The van der Waals surface area contributed by atoms with E-state index < -0.39 is 5.97 Å². The Hall–Kier alpha value is -2.50. The molecule has 18 heavy (non-hydrogen) atoms. The fourth-order valence-corrected chi connectivity index (χ4v) is 1.47. The molecule has 0 bridgehead atoms. The number of nitrogens with one attached hydrogen (secondary N) is 1. The van der Waals surface area contributed by atoms with Gasteiger partial charge in [0.1, 0.15) is 0 Å². The Morgan fingerprint density at radius 1 is 1.50 bits per heavy atom. The minimum atomic E-state index is -1.08. The predicted octanol–water partition coefficient (Wildman–Crippen LogP) is 1.99. The van der Waals surface area contributed by atoms with E-state index in [4.69, 9.17) is 14.3 Å². The molecule has 2 heterocycles. The van der Waals surface area contributed by atoms with Crippen LogP contribution in [0, 0.1) is 0 Å². The van der Waals surface area contributed by atoms with Crippen LogP contribution >= 0.6 is 0 Å². The molecule has 0 spiro atoms. The van der Waals surface area contributed by atoms with E-state index in [1.54, 1.807) is 31.5 Å². The first-order chi connectivity index (χ1) is 8.70. The highest BCUT2D eigenvalue weighted by molar-refractivity contribution is 5.86. The molecule has 2 N–H and O–H groups in total. The Kier molecular flexibility index (Phi) is 3.47. The van der Waals surface area contributed by atoms with E-state index in [0.717, 1.165) is 5.69 Å². The first-order valence-corrected chi connectivity index (χ1v) is 5.24. The molecule has 0 saturated heterocycles. The van der Waals surface area contributed by atoms with Crippen LogP contribution in [-0.4, -0.2) is 23.2 Å². The molecule has 94 valence electrons. The normalized spacial score (nSPS) is 10.1. The molecule has 0 unspecified atom stereocenters. The molecule has 0 aliphatic rings. The zero-order valence-corrected chi connectivity index (χ0v) is 9.71. The molecule has 0 aliphatic heterocycles. The van der Waals surface area contributed by atoms with Gasteiger partial charge in [0.25, 0.3) is 0 Å². The largest absolute Gasteiger partial charge is 0.481 e. The standard InChI is InChI=1S/C12H12N2O4/c1-17-10-3-2-9(7-14-10)13-6-8-4-5-18-11(8)12(15)16/h2-5,7,13H,6H2,1H3,(H,15,16). The van der Waals surface area contributed by atoms with Crippen molar-refractivity contribution in [1.29, 1.82) is 0 Å². The zero-order chi connectivity index (χ0) is 13.0. The van der Waals surface area contributed by atoms with Gasteiger partial charge in [-0.25, -0.2) is 9.78 Å². The molecule has 0 fully saturated rings. The number of hydrogen-bond acceptors (Lipinski definition) is 5. The smallest absolute Gasteiger partial charge is 0.372 e. The average molecular weight is 248 g/mol. The van der Waals surface area contributed by atoms with Crippen molar-refractivity contribution in [3.05, 3.63) is 42.0 Å². The summed E-state index contributed by atoms with van der Waals surface area (Å²) in [4.78, 5) is 14.9. The summed E-state index contributed by atoms with van der Waals surface area (Å²) in [5.41, 5.74) is 1.35. The van der Waals surface area contributed by atoms with E-state index in [2.05, 4.69) is 10.3 Å². The highest BCUT2D eigenvalue weighted by atomic mass is 16.5. The van der Waals surface area contributed by atoms with Crippen molar-refractivity contribution in [2.24, 2.45) is 0 Å². The van der Waals surface area contributed by atoms with Gasteiger partial charge in [0.15, 0.2) is 0 Å². The Balaban J connectivity index is 2.02. The topological polar surface area (TPSA) is 84.6 Å². The van der Waals surface area contributed by atoms with E-state index in [9.17, 15) is 4.79 Å². The Morgan fingerprint density at radius 2 is 2.33 bits per heavy atom. The molecule has 0 radical (unpaired) electrons. The quantitative estimate of drug-likeness (QED) is 0.841. The molecule has 0 saturated carbocycles. The maximum Gasteiger partial charge on any atom is 0.372 e. The van der Waals surface area contributed by atoms with Crippen LogP contribution in [0.5, 0.6) is 5.88 Å². The van der Waals surface area contributed by atoms with Crippen molar-refractivity contribution >= 4 is 11.7 Å². The summed E-state index contributed by atoms with van der Waals surface area (Å²) >= 11 is 0. The molecule has 0 aromatic carbocycles. The van der Waals surface area contributed by atoms with Gasteiger partial charge in [0.05, 0.1) is 25.3 Å². The molecule has 0 aliphatic carbocycles. The SMILES string of the molecule is COc1ccc(NCc2ccoc2C(=O)O)cn1. The fraction of sp³-hybridized carbons (Fsp3) is 0.167. The van der Waals surface area contributed by atoms with Crippen molar-refractivity contribution in [2.45, 2.75) is 6.54 Å². The summed E-state index contributed by atoms with van der Waals surface area (Å²) in [6.07, 6.45) is 2.96. The number of methoxy groups -OCH3 is 1. The average Bonchev–Trinajstić information content (AvgIpc) is 2.85. The zero-order valence-electron chi connectivity index (χ0n) is 9.71. The minimum Gasteiger partial charge on any atom is -0.481 e. The molecule has 2 rings (SSSR count). The third-order valence-electron chi connectivity index (χ3n) is 2.37. The van der Waals surface area contributed by atoms with Crippen LogP contribution < -0.4 is 10.1 Å². The van der Waals surface area contributed by atoms with E-state index in [-0.39, 0.29) is 5.76 Å². The van der Waals surface area contributed by atoms with E-state index in [1.165, 1.54) is 6.26 Å². The Bertz CT molecular complexity index is 533. The van der Waals surface area contributed by atoms with Crippen LogP contribution in [-0.2, 0) is 6.54 Å². The molecule has 0 amide bonds. The van der Waals surface area contributed by atoms with Crippen molar-refractivity contribution in [1.82, 2.24) is 4.98 Å². The number of nitrogens with zero attached hydrogens (tertiary/aromatic N) is 1. The van der Waals surface area contributed by atoms with Crippen molar-refractivity contribution in [3.8, 4) is 5.88 Å². The number of carboxylic acid groups (broad SMARTS) is 1. The highest BCUT2D eigenvalue weighted by Crippen LogP contribution is 2.15. The summed E-state index contributed by atoms with van der Waals surface area (Å²) < 4.78 is 9.81. The van der Waals surface area contributed by atoms with Gasteiger partial charge in [-0.1, -0.05) is 0 Å². The Morgan fingerprint density at radius 3 is 2.94 bits per heavy atom. The molecule has 2 aromatic heterocycles. The maximum absolute atomic E-state index is 10.8. The van der Waals surface area contributed by atoms with Crippen LogP contribution in [0.1, 0.15) is 16.1 Å². The van der Waals surface area contributed by atoms with Gasteiger partial charge in [-0.15, -0.1) is 0 Å². The van der Waals surface area contributed by atoms with Gasteiger partial charge >= 0.3 is 5.97 Å². The number of pyridine rings is 1. The van der Waals surface area contributed by atoms with Crippen LogP contribution in [0.2, 0.25) is 0 Å². The molecular weight excluding hydrogens is 236 g/mol. The van der Waals surface area contributed by atoms with Gasteiger partial charge < -0.3 is 19.6 Å². The summed E-state index contributed by atoms with van der Waals surface area (Å²) in [5, 5.41) is 11.9. The third kappa shape index (κ3) is 2.60. The lowest BCUT2D eigenvalue weighted by molar-refractivity contribution is 0.0661. The first kappa shape index (κ1) is 12.0. The molecule has 6 heteroatoms. The third-order valence-corrected chi connectivity index (χ3v) is 2.37. The highest BCUT2D eigenvalue weighted by Gasteiger charge is 2.13. The lowest BCUT2D eigenvalue weighted by atomic mass is 10.2. The van der Waals surface area contributed by atoms with Gasteiger partial charge in [0.2, 0.25) is 11.6 Å². The first-order valence-electron chi connectivity index (χ1n) is 5.24. The monoisotopic (exact) mass is 248 g/mol. The maximum atomic E-state index is 10.8. The number of furan rings is 1. The van der Waals surface area contributed by atoms with E-state index in [1.807, 2.05) is 0 Å². The molecular formula is C12H12N2O4. The van der Waals surface area contributed by atoms with Gasteiger partial charge in [0, 0.05) is 18.2 Å². The van der Waals surface area contributed by atoms with E-state index >= 15 is 0 Å². The second kappa shape index (κ2) is 5.22. The lowest BCUT2D eigenvalue weighted by Gasteiger charge is -2.05. The number of rotatable bonds is 5. The van der Waals surface area contributed by atoms with Crippen molar-refractivity contribution < 1.29 is 19.1 Å². The number of carboxylic acids is 1. The number of ether oxygens (including phenoxy) is 1. The predicted molar refractivity (Wildman–Crippen MR) is 63.8 cm³/mol. The minimum absolute atomic E-state index is 0.0519. The summed E-state index contributed by atoms with van der Waals surface area (Å²) in [5.74, 6) is -0.608. The number of anilines is 1. The van der Waals surface area contributed by atoms with Crippen LogP contribution in [0.15, 0.2) is 35.1 Å². The summed E-state index contributed by atoms with van der Waals surface area (Å²) in [7, 11) is 1.54. The number of carbonyl (C=O) groups is 1. The van der Waals surface area contributed by atoms with Crippen LogP contribution in [0.4, 0.5) is 5.69 Å². The number of hydrogen-bond donors (Lipinski definition) is 2. The molecule has 6 nitrogen and oxygen atoms in total. The van der Waals surface area contributed by atoms with Crippen LogP contribution in [0.3, 0.4) is 0 Å². The van der Waals surface area contributed by atoms with Gasteiger partial charge in [-0.3, -0.25) is 0 Å². The number of aromatic nitrogens is 1. The van der Waals surface area contributed by atoms with E-state index in [0.29, 0.717) is 18.0 Å². The van der Waals surface area contributed by atoms with Crippen LogP contribution in [0.25, 0.3) is 0 Å². The Labute approximate surface area is 103 Å². The second-order valence-corrected chi connectivity index (χ2v) is 3.52. The molecule has 0 atom stereocenters. The fourth-order valence-electron chi connectivity index (χ4n) is 1.47. The van der Waals surface area contributed by atoms with Gasteiger partial charge in [-0.05, 0) is 12.1 Å². The summed E-state index contributed by atoms with van der Waals surface area (Å²) in [6.45, 7) is 0.353. The lowest BCUT2D eigenvalue weighted by Crippen LogP contribution is -2.04. The van der Waals surface area contributed by atoms with Crippen molar-refractivity contribution in [2.75, 3.05) is 12.4 Å².